The summed E-state index contributed by atoms with van der Waals surface area (Å²) in [4.78, 5) is 0. The zero-order valence-corrected chi connectivity index (χ0v) is 8.56. The fraction of sp³-hybridized carbons (Fsp3) is 0.273. The van der Waals surface area contributed by atoms with E-state index < -0.39 is 11.6 Å². The minimum absolute atomic E-state index is 0.0446. The van der Waals surface area contributed by atoms with Crippen molar-refractivity contribution in [3.63, 3.8) is 0 Å². The lowest BCUT2D eigenvalue weighted by atomic mass is 10.2. The Balaban J connectivity index is 2.68. The first-order valence-electron chi connectivity index (χ1n) is 4.74. The lowest BCUT2D eigenvalue weighted by Gasteiger charge is -2.08. The van der Waals surface area contributed by atoms with Gasteiger partial charge in [0.1, 0.15) is 5.82 Å². The van der Waals surface area contributed by atoms with E-state index in [1.54, 1.807) is 0 Å². The van der Waals surface area contributed by atoms with Gasteiger partial charge in [-0.15, -0.1) is 0 Å². The number of anilines is 2. The molecule has 0 saturated heterocycles. The second kappa shape index (κ2) is 5.34. The van der Waals surface area contributed by atoms with Crippen LogP contribution in [0.5, 0.6) is 0 Å². The first-order chi connectivity index (χ1) is 7.15. The summed E-state index contributed by atoms with van der Waals surface area (Å²) < 4.78 is 25.8. The fourth-order valence-corrected chi connectivity index (χ4v) is 1.19. The number of hydrogen-bond donors (Lipinski definition) is 2. The van der Waals surface area contributed by atoms with Crippen LogP contribution in [0.4, 0.5) is 20.2 Å². The molecule has 4 heteroatoms. The average molecular weight is 212 g/mol. The van der Waals surface area contributed by atoms with Gasteiger partial charge in [0.2, 0.25) is 0 Å². The third kappa shape index (κ3) is 3.23. The van der Waals surface area contributed by atoms with Crippen LogP contribution in [0, 0.1) is 11.6 Å². The van der Waals surface area contributed by atoms with Crippen LogP contribution in [0.25, 0.3) is 0 Å². The van der Waals surface area contributed by atoms with Crippen molar-refractivity contribution in [1.29, 1.82) is 0 Å². The van der Waals surface area contributed by atoms with Crippen molar-refractivity contribution in [3.8, 4) is 0 Å². The molecular weight excluding hydrogens is 198 g/mol. The van der Waals surface area contributed by atoms with Gasteiger partial charge in [0.15, 0.2) is 5.82 Å². The molecule has 0 saturated carbocycles. The maximum Gasteiger partial charge on any atom is 0.151 e. The predicted molar refractivity (Wildman–Crippen MR) is 58.7 cm³/mol. The monoisotopic (exact) mass is 212 g/mol. The van der Waals surface area contributed by atoms with Gasteiger partial charge < -0.3 is 11.1 Å². The summed E-state index contributed by atoms with van der Waals surface area (Å²) in [7, 11) is 0. The minimum Gasteiger partial charge on any atom is -0.395 e. The van der Waals surface area contributed by atoms with Gasteiger partial charge in [-0.3, -0.25) is 0 Å². The highest BCUT2D eigenvalue weighted by Gasteiger charge is 2.06. The van der Waals surface area contributed by atoms with Gasteiger partial charge in [0, 0.05) is 12.6 Å². The lowest BCUT2D eigenvalue weighted by Crippen LogP contribution is -2.05. The van der Waals surface area contributed by atoms with Crippen LogP contribution in [0.2, 0.25) is 0 Å². The molecule has 1 aromatic carbocycles. The maximum atomic E-state index is 13.0. The first kappa shape index (κ1) is 11.5. The molecule has 0 atom stereocenters. The predicted octanol–water partition coefficient (Wildman–Crippen LogP) is 2.93. The summed E-state index contributed by atoms with van der Waals surface area (Å²) in [5, 5.41) is 2.87. The van der Waals surface area contributed by atoms with E-state index in [1.165, 1.54) is 6.07 Å². The Labute approximate surface area is 87.8 Å². The van der Waals surface area contributed by atoms with E-state index in [9.17, 15) is 8.78 Å². The molecule has 0 spiro atoms. The van der Waals surface area contributed by atoms with Crippen LogP contribution >= 0.6 is 0 Å². The van der Waals surface area contributed by atoms with Gasteiger partial charge >= 0.3 is 0 Å². The van der Waals surface area contributed by atoms with E-state index in [0.717, 1.165) is 12.5 Å². The van der Waals surface area contributed by atoms with Crippen LogP contribution in [-0.4, -0.2) is 6.54 Å². The molecule has 1 aromatic rings. The number of allylic oxidation sites excluding steroid dienone is 1. The topological polar surface area (TPSA) is 38.0 Å². The van der Waals surface area contributed by atoms with Crippen LogP contribution in [0.1, 0.15) is 13.3 Å². The summed E-state index contributed by atoms with van der Waals surface area (Å²) >= 11 is 0. The van der Waals surface area contributed by atoms with Gasteiger partial charge in [-0.2, -0.15) is 0 Å². The molecule has 15 heavy (non-hydrogen) atoms. The lowest BCUT2D eigenvalue weighted by molar-refractivity contribution is 0.587. The van der Waals surface area contributed by atoms with Crippen molar-refractivity contribution in [3.05, 3.63) is 35.9 Å². The third-order valence-corrected chi connectivity index (χ3v) is 1.96. The van der Waals surface area contributed by atoms with Gasteiger partial charge in [-0.25, -0.2) is 8.78 Å². The molecule has 2 nitrogen and oxygen atoms in total. The Kier molecular flexibility index (Phi) is 4.09. The number of nitrogens with one attached hydrogen (secondary N) is 1. The summed E-state index contributed by atoms with van der Waals surface area (Å²) in [6.07, 6.45) is 4.66. The van der Waals surface area contributed by atoms with E-state index in [0.29, 0.717) is 12.2 Å². The van der Waals surface area contributed by atoms with Crippen molar-refractivity contribution in [2.24, 2.45) is 0 Å². The van der Waals surface area contributed by atoms with Gasteiger partial charge in [0.25, 0.3) is 0 Å². The molecule has 0 aliphatic carbocycles. The average Bonchev–Trinajstić information content (AvgIpc) is 2.19. The van der Waals surface area contributed by atoms with Crippen molar-refractivity contribution >= 4 is 11.4 Å². The highest BCUT2D eigenvalue weighted by Crippen LogP contribution is 2.23. The van der Waals surface area contributed by atoms with Crippen molar-refractivity contribution in [1.82, 2.24) is 0 Å². The van der Waals surface area contributed by atoms with E-state index in [4.69, 9.17) is 5.73 Å². The SMILES string of the molecule is C/C=C/CCNc1cc(F)cc(F)c1N. The number of nitrogens with two attached hydrogens (primary N) is 1. The normalized spacial score (nSPS) is 10.9. The maximum absolute atomic E-state index is 13.0. The summed E-state index contributed by atoms with van der Waals surface area (Å²) in [5.74, 6) is -1.36. The Morgan fingerprint density at radius 1 is 1.40 bits per heavy atom. The number of rotatable bonds is 4. The summed E-state index contributed by atoms with van der Waals surface area (Å²) in [6, 6.07) is 1.96. The van der Waals surface area contributed by atoms with E-state index in [1.807, 2.05) is 19.1 Å². The smallest absolute Gasteiger partial charge is 0.151 e. The summed E-state index contributed by atoms with van der Waals surface area (Å²) in [6.45, 7) is 2.51. The van der Waals surface area contributed by atoms with Crippen molar-refractivity contribution < 1.29 is 8.78 Å². The molecule has 0 heterocycles. The fourth-order valence-electron chi connectivity index (χ4n) is 1.19. The number of benzene rings is 1. The standard InChI is InChI=1S/C11H14F2N2/c1-2-3-4-5-15-10-7-8(12)6-9(13)11(10)14/h2-3,6-7,15H,4-5,14H2,1H3/b3-2+. The van der Waals surface area contributed by atoms with Crippen molar-refractivity contribution in [2.45, 2.75) is 13.3 Å². The van der Waals surface area contributed by atoms with Gasteiger partial charge in [-0.1, -0.05) is 12.2 Å². The van der Waals surface area contributed by atoms with Crippen molar-refractivity contribution in [2.75, 3.05) is 17.6 Å². The zero-order valence-electron chi connectivity index (χ0n) is 8.56. The number of hydrogen-bond acceptors (Lipinski definition) is 2. The van der Waals surface area contributed by atoms with Gasteiger partial charge in [-0.05, 0) is 19.4 Å². The largest absolute Gasteiger partial charge is 0.395 e. The third-order valence-electron chi connectivity index (χ3n) is 1.96. The highest BCUT2D eigenvalue weighted by atomic mass is 19.1. The second-order valence-electron chi connectivity index (χ2n) is 3.13. The molecule has 0 aliphatic rings. The molecular formula is C11H14F2N2. The molecule has 1 rings (SSSR count). The number of nitrogen functional groups attached to an aromatic ring is 1. The van der Waals surface area contributed by atoms with Crippen LogP contribution < -0.4 is 11.1 Å². The van der Waals surface area contributed by atoms with Crippen LogP contribution in [0.15, 0.2) is 24.3 Å². The number of halogens is 2. The second-order valence-corrected chi connectivity index (χ2v) is 3.13. The molecule has 82 valence electrons. The Morgan fingerprint density at radius 2 is 2.13 bits per heavy atom. The quantitative estimate of drug-likeness (QED) is 0.457. The molecule has 0 fully saturated rings. The first-order valence-corrected chi connectivity index (χ1v) is 4.74. The molecule has 0 amide bonds. The Bertz CT molecular complexity index is 362. The molecule has 3 N–H and O–H groups in total. The van der Waals surface area contributed by atoms with E-state index in [2.05, 4.69) is 5.32 Å². The molecule has 0 radical (unpaired) electrons. The molecule has 0 aromatic heterocycles. The van der Waals surface area contributed by atoms with E-state index in [-0.39, 0.29) is 5.69 Å². The minimum atomic E-state index is -0.733. The Morgan fingerprint density at radius 3 is 2.80 bits per heavy atom. The van der Waals surface area contributed by atoms with Crippen LogP contribution in [-0.2, 0) is 0 Å². The molecule has 0 unspecified atom stereocenters. The van der Waals surface area contributed by atoms with Crippen LogP contribution in [0.3, 0.4) is 0 Å². The molecule has 0 bridgehead atoms. The summed E-state index contributed by atoms with van der Waals surface area (Å²) in [5.41, 5.74) is 5.70. The Hall–Kier alpha value is -1.58. The zero-order chi connectivity index (χ0) is 11.3. The van der Waals surface area contributed by atoms with Gasteiger partial charge in [0.05, 0.1) is 11.4 Å². The molecule has 0 aliphatic heterocycles. The van der Waals surface area contributed by atoms with E-state index >= 15 is 0 Å². The highest BCUT2D eigenvalue weighted by molar-refractivity contribution is 5.66.